The maximum atomic E-state index is 12.5. The van der Waals surface area contributed by atoms with E-state index in [0.29, 0.717) is 0 Å². The molecule has 1 unspecified atom stereocenters. The van der Waals surface area contributed by atoms with Gasteiger partial charge < -0.3 is 10.6 Å². The lowest BCUT2D eigenvalue weighted by Gasteiger charge is -2.33. The summed E-state index contributed by atoms with van der Waals surface area (Å²) >= 11 is 0. The first-order valence-corrected chi connectivity index (χ1v) is 7.23. The highest BCUT2D eigenvalue weighted by Crippen LogP contribution is 2.23. The van der Waals surface area contributed by atoms with Gasteiger partial charge in [-0.05, 0) is 55.6 Å². The molecule has 20 heavy (non-hydrogen) atoms. The molecule has 1 fully saturated rings. The maximum absolute atomic E-state index is 12.5. The van der Waals surface area contributed by atoms with E-state index in [1.54, 1.807) is 0 Å². The summed E-state index contributed by atoms with van der Waals surface area (Å²) in [6.07, 6.45) is 3.15. The summed E-state index contributed by atoms with van der Waals surface area (Å²) in [5.74, 6) is 0.0625. The van der Waals surface area contributed by atoms with E-state index in [1.807, 2.05) is 37.3 Å². The highest BCUT2D eigenvalue weighted by atomic mass is 16.2. The van der Waals surface area contributed by atoms with Crippen LogP contribution >= 0.6 is 0 Å². The van der Waals surface area contributed by atoms with Gasteiger partial charge in [0.1, 0.15) is 0 Å². The third-order valence-electron chi connectivity index (χ3n) is 4.13. The quantitative estimate of drug-likeness (QED) is 0.877. The number of hydrogen-bond acceptors (Lipinski definition) is 2. The Balaban J connectivity index is 1.80. The Kier molecular flexibility index (Phi) is 3.45. The molecule has 3 heteroatoms. The molecule has 3 rings (SSSR count). The monoisotopic (exact) mass is 268 g/mol. The molecule has 2 N–H and O–H groups in total. The minimum atomic E-state index is -0.441. The van der Waals surface area contributed by atoms with Crippen LogP contribution in [0.25, 0.3) is 10.8 Å². The molecule has 0 radical (unpaired) electrons. The number of carbonyl (C=O) groups excluding carboxylic acids is 1. The Morgan fingerprint density at radius 3 is 2.70 bits per heavy atom. The highest BCUT2D eigenvalue weighted by Gasteiger charge is 2.34. The van der Waals surface area contributed by atoms with Crippen LogP contribution in [0.15, 0.2) is 42.5 Å². The topological polar surface area (TPSA) is 41.1 Å². The molecule has 0 saturated carbocycles. The highest BCUT2D eigenvalue weighted by molar-refractivity contribution is 5.99. The molecule has 0 aliphatic carbocycles. The lowest BCUT2D eigenvalue weighted by molar-refractivity contribution is -0.122. The smallest absolute Gasteiger partial charge is 0.244 e. The third-order valence-corrected chi connectivity index (χ3v) is 4.13. The van der Waals surface area contributed by atoms with Gasteiger partial charge in [-0.2, -0.15) is 0 Å². The summed E-state index contributed by atoms with van der Waals surface area (Å²) in [7, 11) is 0. The van der Waals surface area contributed by atoms with Gasteiger partial charge in [-0.15, -0.1) is 0 Å². The van der Waals surface area contributed by atoms with Crippen LogP contribution in [0, 0.1) is 0 Å². The van der Waals surface area contributed by atoms with Gasteiger partial charge in [0.05, 0.1) is 5.54 Å². The molecule has 0 spiro atoms. The molecule has 2 aromatic rings. The molecule has 1 saturated heterocycles. The summed E-state index contributed by atoms with van der Waals surface area (Å²) in [5, 5.41) is 8.72. The van der Waals surface area contributed by atoms with Crippen LogP contribution in [0.1, 0.15) is 26.2 Å². The first-order valence-electron chi connectivity index (χ1n) is 7.23. The van der Waals surface area contributed by atoms with Gasteiger partial charge in [0.25, 0.3) is 0 Å². The Morgan fingerprint density at radius 2 is 1.95 bits per heavy atom. The van der Waals surface area contributed by atoms with Gasteiger partial charge in [0.2, 0.25) is 5.91 Å². The summed E-state index contributed by atoms with van der Waals surface area (Å²) in [5.41, 5.74) is 0.423. The molecule has 3 nitrogen and oxygen atoms in total. The Morgan fingerprint density at radius 1 is 1.15 bits per heavy atom. The Bertz CT molecular complexity index is 630. The van der Waals surface area contributed by atoms with E-state index in [2.05, 4.69) is 22.8 Å². The molecule has 0 bridgehead atoms. The number of piperidine rings is 1. The van der Waals surface area contributed by atoms with Crippen molar-refractivity contribution in [2.24, 2.45) is 0 Å². The third kappa shape index (κ3) is 2.54. The molecule has 1 aliphatic rings. The average Bonchev–Trinajstić information content (AvgIpc) is 2.48. The summed E-state index contributed by atoms with van der Waals surface area (Å²) in [4.78, 5) is 12.5. The second-order valence-corrected chi connectivity index (χ2v) is 5.73. The molecule has 104 valence electrons. The van der Waals surface area contributed by atoms with Crippen LogP contribution in [0.3, 0.4) is 0 Å². The molecule has 1 heterocycles. The predicted octanol–water partition coefficient (Wildman–Crippen LogP) is 3.31. The van der Waals surface area contributed by atoms with Crippen LogP contribution in [0.5, 0.6) is 0 Å². The van der Waals surface area contributed by atoms with Crippen LogP contribution in [-0.2, 0) is 4.79 Å². The summed E-state index contributed by atoms with van der Waals surface area (Å²) in [6, 6.07) is 14.2. The number of benzene rings is 2. The zero-order valence-corrected chi connectivity index (χ0v) is 11.8. The fraction of sp³-hybridized carbons (Fsp3) is 0.353. The van der Waals surface area contributed by atoms with E-state index >= 15 is 0 Å². The number of anilines is 1. The van der Waals surface area contributed by atoms with Crippen molar-refractivity contribution in [3.63, 3.8) is 0 Å². The van der Waals surface area contributed by atoms with Crippen molar-refractivity contribution in [1.29, 1.82) is 0 Å². The number of nitrogens with one attached hydrogen (secondary N) is 2. The van der Waals surface area contributed by atoms with Crippen LogP contribution in [-0.4, -0.2) is 18.0 Å². The first kappa shape index (κ1) is 13.1. The normalized spacial score (nSPS) is 22.6. The van der Waals surface area contributed by atoms with Crippen molar-refractivity contribution < 1.29 is 4.79 Å². The Labute approximate surface area is 119 Å². The minimum Gasteiger partial charge on any atom is -0.324 e. The lowest BCUT2D eigenvalue weighted by atomic mass is 9.90. The van der Waals surface area contributed by atoms with Crippen molar-refractivity contribution in [2.45, 2.75) is 31.7 Å². The molecular formula is C17H20N2O. The van der Waals surface area contributed by atoms with E-state index < -0.39 is 5.54 Å². The minimum absolute atomic E-state index is 0.0625. The zero-order chi connectivity index (χ0) is 14.0. The second-order valence-electron chi connectivity index (χ2n) is 5.73. The van der Waals surface area contributed by atoms with Crippen molar-refractivity contribution in [2.75, 3.05) is 11.9 Å². The fourth-order valence-corrected chi connectivity index (χ4v) is 2.79. The van der Waals surface area contributed by atoms with Crippen molar-refractivity contribution in [3.8, 4) is 0 Å². The maximum Gasteiger partial charge on any atom is 0.244 e. The van der Waals surface area contributed by atoms with E-state index in [4.69, 9.17) is 0 Å². The Hall–Kier alpha value is -1.87. The first-order chi connectivity index (χ1) is 9.67. The van der Waals surface area contributed by atoms with E-state index in [0.717, 1.165) is 36.9 Å². The SMILES string of the molecule is CC1(C(=O)Nc2ccc3ccccc3c2)CCCCN1. The number of hydrogen-bond donors (Lipinski definition) is 2. The number of amides is 1. The number of carbonyl (C=O) groups is 1. The van der Waals surface area contributed by atoms with Gasteiger partial charge in [-0.1, -0.05) is 30.3 Å². The molecule has 1 aliphatic heterocycles. The number of fused-ring (bicyclic) bond motifs is 1. The average molecular weight is 268 g/mol. The fourth-order valence-electron chi connectivity index (χ4n) is 2.79. The van der Waals surface area contributed by atoms with Crippen molar-refractivity contribution in [3.05, 3.63) is 42.5 Å². The van der Waals surface area contributed by atoms with Gasteiger partial charge >= 0.3 is 0 Å². The van der Waals surface area contributed by atoms with Gasteiger partial charge in [0, 0.05) is 5.69 Å². The zero-order valence-electron chi connectivity index (χ0n) is 11.8. The number of rotatable bonds is 2. The lowest BCUT2D eigenvalue weighted by Crippen LogP contribution is -2.54. The van der Waals surface area contributed by atoms with Gasteiger partial charge in [-0.25, -0.2) is 0 Å². The van der Waals surface area contributed by atoms with Gasteiger partial charge in [0.15, 0.2) is 0 Å². The molecular weight excluding hydrogens is 248 g/mol. The van der Waals surface area contributed by atoms with Gasteiger partial charge in [-0.3, -0.25) is 4.79 Å². The van der Waals surface area contributed by atoms with E-state index in [9.17, 15) is 4.79 Å². The second kappa shape index (κ2) is 5.25. The van der Waals surface area contributed by atoms with Crippen LogP contribution in [0.2, 0.25) is 0 Å². The standard InChI is InChI=1S/C17H20N2O/c1-17(10-4-5-11-18-17)16(20)19-15-9-8-13-6-2-3-7-14(13)12-15/h2-3,6-9,12,18H,4-5,10-11H2,1H3,(H,19,20). The molecule has 1 amide bonds. The molecule has 2 aromatic carbocycles. The summed E-state index contributed by atoms with van der Waals surface area (Å²) in [6.45, 7) is 2.91. The largest absolute Gasteiger partial charge is 0.324 e. The predicted molar refractivity (Wildman–Crippen MR) is 82.8 cm³/mol. The van der Waals surface area contributed by atoms with Crippen LogP contribution in [0.4, 0.5) is 5.69 Å². The molecule has 1 atom stereocenters. The molecule has 0 aromatic heterocycles. The van der Waals surface area contributed by atoms with Crippen molar-refractivity contribution >= 4 is 22.4 Å². The van der Waals surface area contributed by atoms with Crippen LogP contribution < -0.4 is 10.6 Å². The summed E-state index contributed by atoms with van der Waals surface area (Å²) < 4.78 is 0. The van der Waals surface area contributed by atoms with Crippen molar-refractivity contribution in [1.82, 2.24) is 5.32 Å². The van der Waals surface area contributed by atoms with E-state index in [-0.39, 0.29) is 5.91 Å². The van der Waals surface area contributed by atoms with E-state index in [1.165, 1.54) is 5.39 Å².